The first-order valence-corrected chi connectivity index (χ1v) is 8.66. The van der Waals surface area contributed by atoms with Crippen molar-refractivity contribution in [3.63, 3.8) is 0 Å². The van der Waals surface area contributed by atoms with E-state index in [1.54, 1.807) is 0 Å². The maximum atomic E-state index is 6.65. The van der Waals surface area contributed by atoms with E-state index in [9.17, 15) is 0 Å². The minimum absolute atomic E-state index is 0.573. The van der Waals surface area contributed by atoms with Gasteiger partial charge in [-0.05, 0) is 27.5 Å². The summed E-state index contributed by atoms with van der Waals surface area (Å²) in [4.78, 5) is 0. The molecule has 120 valence electrons. The van der Waals surface area contributed by atoms with Crippen LogP contribution in [-0.2, 0) is 16.9 Å². The van der Waals surface area contributed by atoms with Gasteiger partial charge in [0.1, 0.15) is 5.60 Å². The highest BCUT2D eigenvalue weighted by molar-refractivity contribution is 5.91. The molecule has 0 atom stereocenters. The zero-order valence-corrected chi connectivity index (χ0v) is 13.9. The highest BCUT2D eigenvalue weighted by Crippen LogP contribution is 2.47. The third-order valence-corrected chi connectivity index (χ3v) is 5.18. The van der Waals surface area contributed by atoms with Crippen LogP contribution in [0.25, 0.3) is 10.8 Å². The second kappa shape index (κ2) is 5.58. The van der Waals surface area contributed by atoms with Crippen molar-refractivity contribution >= 4 is 10.8 Å². The molecule has 0 bridgehead atoms. The second-order valence-electron chi connectivity index (χ2n) is 6.52. The summed E-state index contributed by atoms with van der Waals surface area (Å²) < 4.78 is 6.65. The zero-order chi connectivity index (χ0) is 16.7. The Bertz CT molecular complexity index is 991. The molecule has 1 aliphatic rings. The first kappa shape index (κ1) is 14.4. The molecule has 1 heteroatoms. The normalized spacial score (nSPS) is 15.2. The quantitative estimate of drug-likeness (QED) is 0.462. The zero-order valence-electron chi connectivity index (χ0n) is 13.9. The first-order chi connectivity index (χ1) is 12.4. The molecule has 0 N–H and O–H groups in total. The largest absolute Gasteiger partial charge is 0.356 e. The van der Waals surface area contributed by atoms with Gasteiger partial charge in [0.05, 0.1) is 6.61 Å². The summed E-state index contributed by atoms with van der Waals surface area (Å²) in [5.41, 5.74) is 4.25. The minimum Gasteiger partial charge on any atom is -0.356 e. The van der Waals surface area contributed by atoms with Crippen molar-refractivity contribution in [1.29, 1.82) is 0 Å². The van der Waals surface area contributed by atoms with Crippen molar-refractivity contribution in [3.05, 3.63) is 119 Å². The molecule has 0 amide bonds. The van der Waals surface area contributed by atoms with Crippen LogP contribution >= 0.6 is 0 Å². The van der Waals surface area contributed by atoms with Crippen LogP contribution in [0.15, 0.2) is 97.1 Å². The van der Waals surface area contributed by atoms with Gasteiger partial charge in [-0.1, -0.05) is 97.1 Å². The Balaban J connectivity index is 1.92. The molecule has 4 aromatic rings. The van der Waals surface area contributed by atoms with Crippen LogP contribution in [-0.4, -0.2) is 0 Å². The summed E-state index contributed by atoms with van der Waals surface area (Å²) in [6, 6.07) is 34.1. The SMILES string of the molecule is c1ccc(C2(c3ccccc3)OCc3cccc4cccc2c34)cc1. The summed E-state index contributed by atoms with van der Waals surface area (Å²) in [6.45, 7) is 0.609. The third kappa shape index (κ3) is 2.06. The standard InChI is InChI=1S/C24H18O/c1-3-12-20(13-4-1)24(21-14-5-2-6-15-21)22-16-8-10-18-9-7-11-19(17-25-24)23(18)22/h1-16H,17H2. The fourth-order valence-corrected chi connectivity index (χ4v) is 4.09. The highest BCUT2D eigenvalue weighted by Gasteiger charge is 2.41. The average molecular weight is 322 g/mol. The highest BCUT2D eigenvalue weighted by atomic mass is 16.5. The number of hydrogen-bond acceptors (Lipinski definition) is 1. The molecule has 25 heavy (non-hydrogen) atoms. The Labute approximate surface area is 147 Å². The second-order valence-corrected chi connectivity index (χ2v) is 6.52. The number of benzene rings is 4. The molecule has 0 saturated heterocycles. The summed E-state index contributed by atoms with van der Waals surface area (Å²) in [6.07, 6.45) is 0. The fourth-order valence-electron chi connectivity index (χ4n) is 4.09. The average Bonchev–Trinajstić information content (AvgIpc) is 2.70. The van der Waals surface area contributed by atoms with E-state index in [0.717, 1.165) is 0 Å². The van der Waals surface area contributed by atoms with Gasteiger partial charge in [0.25, 0.3) is 0 Å². The molecule has 0 unspecified atom stereocenters. The summed E-state index contributed by atoms with van der Waals surface area (Å²) >= 11 is 0. The first-order valence-electron chi connectivity index (χ1n) is 8.66. The predicted molar refractivity (Wildman–Crippen MR) is 102 cm³/mol. The van der Waals surface area contributed by atoms with Gasteiger partial charge in [-0.15, -0.1) is 0 Å². The Hall–Kier alpha value is -2.90. The lowest BCUT2D eigenvalue weighted by Crippen LogP contribution is -2.35. The molecule has 0 aromatic heterocycles. The minimum atomic E-state index is -0.573. The van der Waals surface area contributed by atoms with Crippen LogP contribution < -0.4 is 0 Å². The van der Waals surface area contributed by atoms with Gasteiger partial charge in [0.2, 0.25) is 0 Å². The lowest BCUT2D eigenvalue weighted by atomic mass is 9.76. The Morgan fingerprint density at radius 1 is 0.600 bits per heavy atom. The third-order valence-electron chi connectivity index (χ3n) is 5.18. The fraction of sp³-hybridized carbons (Fsp3) is 0.0833. The lowest BCUT2D eigenvalue weighted by Gasteiger charge is -2.40. The molecule has 0 spiro atoms. The van der Waals surface area contributed by atoms with Crippen LogP contribution in [0, 0.1) is 0 Å². The van der Waals surface area contributed by atoms with Gasteiger partial charge in [-0.25, -0.2) is 0 Å². The molecule has 1 heterocycles. The van der Waals surface area contributed by atoms with E-state index in [-0.39, 0.29) is 0 Å². The Morgan fingerprint density at radius 2 is 1.20 bits per heavy atom. The predicted octanol–water partition coefficient (Wildman–Crippen LogP) is 5.66. The maximum absolute atomic E-state index is 6.65. The number of hydrogen-bond donors (Lipinski definition) is 0. The summed E-state index contributed by atoms with van der Waals surface area (Å²) in [5, 5.41) is 2.60. The molecule has 4 aromatic carbocycles. The van der Waals surface area contributed by atoms with Crippen molar-refractivity contribution in [3.8, 4) is 0 Å². The van der Waals surface area contributed by atoms with Crippen LogP contribution in [0.2, 0.25) is 0 Å². The van der Waals surface area contributed by atoms with E-state index in [2.05, 4.69) is 97.1 Å². The van der Waals surface area contributed by atoms with E-state index < -0.39 is 5.60 Å². The van der Waals surface area contributed by atoms with Crippen LogP contribution in [0.1, 0.15) is 22.3 Å². The molecule has 5 rings (SSSR count). The van der Waals surface area contributed by atoms with E-state index >= 15 is 0 Å². The van der Waals surface area contributed by atoms with Crippen molar-refractivity contribution in [2.45, 2.75) is 12.2 Å². The van der Waals surface area contributed by atoms with Gasteiger partial charge in [0, 0.05) is 5.56 Å². The number of ether oxygens (including phenoxy) is 1. The molecular formula is C24H18O. The number of rotatable bonds is 2. The van der Waals surface area contributed by atoms with Crippen molar-refractivity contribution in [1.82, 2.24) is 0 Å². The molecule has 0 radical (unpaired) electrons. The molecule has 1 nitrogen and oxygen atoms in total. The topological polar surface area (TPSA) is 9.23 Å². The van der Waals surface area contributed by atoms with Gasteiger partial charge in [0.15, 0.2) is 0 Å². The maximum Gasteiger partial charge on any atom is 0.144 e. The van der Waals surface area contributed by atoms with Gasteiger partial charge in [-0.3, -0.25) is 0 Å². The molecular weight excluding hydrogens is 304 g/mol. The monoisotopic (exact) mass is 322 g/mol. The van der Waals surface area contributed by atoms with Crippen LogP contribution in [0.3, 0.4) is 0 Å². The van der Waals surface area contributed by atoms with E-state index in [0.29, 0.717) is 6.61 Å². The van der Waals surface area contributed by atoms with Crippen molar-refractivity contribution in [2.24, 2.45) is 0 Å². The Morgan fingerprint density at radius 3 is 1.84 bits per heavy atom. The van der Waals surface area contributed by atoms with Gasteiger partial charge < -0.3 is 4.74 Å². The van der Waals surface area contributed by atoms with Gasteiger partial charge in [-0.2, -0.15) is 0 Å². The smallest absolute Gasteiger partial charge is 0.144 e. The van der Waals surface area contributed by atoms with E-state index in [1.807, 2.05) is 0 Å². The van der Waals surface area contributed by atoms with E-state index in [4.69, 9.17) is 4.74 Å². The molecule has 0 fully saturated rings. The molecule has 0 saturated carbocycles. The van der Waals surface area contributed by atoms with Gasteiger partial charge >= 0.3 is 0 Å². The Kier molecular flexibility index (Phi) is 3.22. The summed E-state index contributed by atoms with van der Waals surface area (Å²) in [7, 11) is 0. The van der Waals surface area contributed by atoms with E-state index in [1.165, 1.54) is 33.0 Å². The van der Waals surface area contributed by atoms with Crippen LogP contribution in [0.4, 0.5) is 0 Å². The molecule has 0 aliphatic carbocycles. The lowest BCUT2D eigenvalue weighted by molar-refractivity contribution is -0.00347. The van der Waals surface area contributed by atoms with Crippen molar-refractivity contribution in [2.75, 3.05) is 0 Å². The molecule has 1 aliphatic heterocycles. The summed E-state index contributed by atoms with van der Waals surface area (Å²) in [5.74, 6) is 0. The van der Waals surface area contributed by atoms with Crippen molar-refractivity contribution < 1.29 is 4.74 Å². The van der Waals surface area contributed by atoms with Crippen LogP contribution in [0.5, 0.6) is 0 Å².